The monoisotopic (exact) mass is 251 g/mol. The lowest BCUT2D eigenvalue weighted by Gasteiger charge is -2.18. The minimum absolute atomic E-state index is 0.156. The molecule has 4 heteroatoms. The van der Waals surface area contributed by atoms with E-state index in [-0.39, 0.29) is 6.10 Å². The van der Waals surface area contributed by atoms with E-state index < -0.39 is 0 Å². The summed E-state index contributed by atoms with van der Waals surface area (Å²) < 4.78 is 5.88. The summed E-state index contributed by atoms with van der Waals surface area (Å²) in [6.07, 6.45) is 2.92. The van der Waals surface area contributed by atoms with Gasteiger partial charge in [0.05, 0.1) is 18.0 Å². The Labute approximate surface area is 110 Å². The maximum Gasteiger partial charge on any atom is 0.160 e. The highest BCUT2D eigenvalue weighted by Gasteiger charge is 2.13. The predicted octanol–water partition coefficient (Wildman–Crippen LogP) is 2.87. The van der Waals surface area contributed by atoms with Crippen LogP contribution in [0.25, 0.3) is 0 Å². The molecular weight excluding hydrogens is 226 g/mol. The van der Waals surface area contributed by atoms with Crippen LogP contribution < -0.4 is 10.5 Å². The van der Waals surface area contributed by atoms with Gasteiger partial charge < -0.3 is 10.5 Å². The first kappa shape index (κ1) is 14.9. The number of ether oxygens (including phenoxy) is 1. The van der Waals surface area contributed by atoms with Crippen LogP contribution in [-0.4, -0.2) is 16.1 Å². The van der Waals surface area contributed by atoms with Gasteiger partial charge in [-0.25, -0.2) is 9.97 Å². The molecule has 0 aliphatic carbocycles. The van der Waals surface area contributed by atoms with E-state index in [1.54, 1.807) is 6.20 Å². The molecule has 0 saturated carbocycles. The molecule has 0 aliphatic rings. The number of hydrogen-bond acceptors (Lipinski definition) is 4. The zero-order chi connectivity index (χ0) is 13.7. The van der Waals surface area contributed by atoms with Crippen molar-refractivity contribution in [3.8, 4) is 5.75 Å². The second kappa shape index (κ2) is 6.69. The topological polar surface area (TPSA) is 61.0 Å². The van der Waals surface area contributed by atoms with Crippen molar-refractivity contribution in [2.45, 2.75) is 59.6 Å². The highest BCUT2D eigenvalue weighted by molar-refractivity contribution is 5.25. The van der Waals surface area contributed by atoms with Crippen molar-refractivity contribution >= 4 is 0 Å². The lowest BCUT2D eigenvalue weighted by Crippen LogP contribution is -2.17. The van der Waals surface area contributed by atoms with Crippen LogP contribution in [-0.2, 0) is 6.54 Å². The Balaban J connectivity index is 2.82. The van der Waals surface area contributed by atoms with E-state index >= 15 is 0 Å². The van der Waals surface area contributed by atoms with Gasteiger partial charge in [-0.1, -0.05) is 27.7 Å². The maximum absolute atomic E-state index is 5.88. The third-order valence-electron chi connectivity index (χ3n) is 2.69. The van der Waals surface area contributed by atoms with Gasteiger partial charge >= 0.3 is 0 Å². The van der Waals surface area contributed by atoms with E-state index in [1.807, 2.05) is 0 Å². The van der Waals surface area contributed by atoms with E-state index in [0.717, 1.165) is 23.7 Å². The Bertz CT molecular complexity index is 377. The molecule has 1 unspecified atom stereocenters. The summed E-state index contributed by atoms with van der Waals surface area (Å²) in [7, 11) is 0. The normalized spacial score (nSPS) is 13.1. The zero-order valence-corrected chi connectivity index (χ0v) is 12.1. The average Bonchev–Trinajstić information content (AvgIpc) is 2.27. The Morgan fingerprint density at radius 1 is 1.22 bits per heavy atom. The van der Waals surface area contributed by atoms with Crippen molar-refractivity contribution in [2.75, 3.05) is 0 Å². The molecule has 0 aliphatic heterocycles. The lowest BCUT2D eigenvalue weighted by atomic mass is 10.1. The van der Waals surface area contributed by atoms with E-state index in [4.69, 9.17) is 10.5 Å². The number of nitrogens with zero attached hydrogens (tertiary/aromatic N) is 2. The average molecular weight is 251 g/mol. The molecule has 1 aromatic rings. The minimum atomic E-state index is 0.156. The molecule has 4 nitrogen and oxygen atoms in total. The van der Waals surface area contributed by atoms with Crippen LogP contribution in [0.3, 0.4) is 0 Å². The highest BCUT2D eigenvalue weighted by Crippen LogP contribution is 2.20. The maximum atomic E-state index is 5.88. The van der Waals surface area contributed by atoms with Crippen LogP contribution in [0.5, 0.6) is 5.75 Å². The van der Waals surface area contributed by atoms with E-state index in [2.05, 4.69) is 44.6 Å². The Kier molecular flexibility index (Phi) is 5.54. The Morgan fingerprint density at radius 2 is 1.89 bits per heavy atom. The van der Waals surface area contributed by atoms with Crippen LogP contribution >= 0.6 is 0 Å². The molecule has 1 aromatic heterocycles. The molecule has 0 fully saturated rings. The predicted molar refractivity (Wildman–Crippen MR) is 73.6 cm³/mol. The van der Waals surface area contributed by atoms with E-state index in [9.17, 15) is 0 Å². The number of nitrogens with two attached hydrogens (primary N) is 1. The first-order chi connectivity index (χ1) is 8.43. The second-order valence-electron chi connectivity index (χ2n) is 5.46. The number of rotatable bonds is 6. The van der Waals surface area contributed by atoms with Gasteiger partial charge in [0, 0.05) is 12.5 Å². The molecule has 1 heterocycles. The van der Waals surface area contributed by atoms with Crippen molar-refractivity contribution in [1.82, 2.24) is 9.97 Å². The SMILES string of the molecule is CC(C)CC(C)Oc1cnc(C(C)C)nc1CN. The zero-order valence-electron chi connectivity index (χ0n) is 12.1. The van der Waals surface area contributed by atoms with Crippen molar-refractivity contribution in [2.24, 2.45) is 11.7 Å². The molecule has 1 atom stereocenters. The quantitative estimate of drug-likeness (QED) is 0.844. The molecular formula is C14H25N3O. The van der Waals surface area contributed by atoms with E-state index in [0.29, 0.717) is 18.4 Å². The number of hydrogen-bond donors (Lipinski definition) is 1. The van der Waals surface area contributed by atoms with Gasteiger partial charge in [0.25, 0.3) is 0 Å². The molecule has 0 amide bonds. The molecule has 0 spiro atoms. The third-order valence-corrected chi connectivity index (χ3v) is 2.69. The van der Waals surface area contributed by atoms with Gasteiger partial charge in [0.2, 0.25) is 0 Å². The standard InChI is InChI=1S/C14H25N3O/c1-9(2)6-11(5)18-13-8-16-14(10(3)4)17-12(13)7-15/h8-11H,6-7,15H2,1-5H3. The molecule has 18 heavy (non-hydrogen) atoms. The lowest BCUT2D eigenvalue weighted by molar-refractivity contribution is 0.189. The smallest absolute Gasteiger partial charge is 0.160 e. The van der Waals surface area contributed by atoms with Gasteiger partial charge in [-0.05, 0) is 19.3 Å². The molecule has 0 radical (unpaired) electrons. The summed E-state index contributed by atoms with van der Waals surface area (Å²) in [5.41, 5.74) is 6.52. The van der Waals surface area contributed by atoms with Crippen molar-refractivity contribution in [1.29, 1.82) is 0 Å². The summed E-state index contributed by atoms with van der Waals surface area (Å²) >= 11 is 0. The molecule has 0 saturated heterocycles. The third kappa shape index (κ3) is 4.26. The van der Waals surface area contributed by atoms with Crippen LogP contribution in [0.15, 0.2) is 6.20 Å². The van der Waals surface area contributed by atoms with Crippen molar-refractivity contribution < 1.29 is 4.74 Å². The molecule has 0 bridgehead atoms. The van der Waals surface area contributed by atoms with E-state index in [1.165, 1.54) is 0 Å². The molecule has 2 N–H and O–H groups in total. The van der Waals surface area contributed by atoms with Gasteiger partial charge in [-0.3, -0.25) is 0 Å². The Morgan fingerprint density at radius 3 is 2.39 bits per heavy atom. The summed E-state index contributed by atoms with van der Waals surface area (Å²) in [5.74, 6) is 2.45. The largest absolute Gasteiger partial charge is 0.487 e. The minimum Gasteiger partial charge on any atom is -0.487 e. The molecule has 102 valence electrons. The summed E-state index contributed by atoms with van der Waals surface area (Å²) in [4.78, 5) is 8.79. The first-order valence-corrected chi connectivity index (χ1v) is 6.66. The fourth-order valence-corrected chi connectivity index (χ4v) is 1.87. The summed E-state index contributed by atoms with van der Waals surface area (Å²) in [6.45, 7) is 10.9. The summed E-state index contributed by atoms with van der Waals surface area (Å²) in [6, 6.07) is 0. The van der Waals surface area contributed by atoms with Gasteiger partial charge in [-0.2, -0.15) is 0 Å². The fraction of sp³-hybridized carbons (Fsp3) is 0.714. The van der Waals surface area contributed by atoms with Crippen LogP contribution in [0.4, 0.5) is 0 Å². The molecule has 1 rings (SSSR count). The van der Waals surface area contributed by atoms with Gasteiger partial charge in [0.15, 0.2) is 5.75 Å². The van der Waals surface area contributed by atoms with Crippen LogP contribution in [0.1, 0.15) is 58.5 Å². The van der Waals surface area contributed by atoms with Crippen LogP contribution in [0, 0.1) is 5.92 Å². The first-order valence-electron chi connectivity index (χ1n) is 6.66. The van der Waals surface area contributed by atoms with Crippen molar-refractivity contribution in [3.05, 3.63) is 17.7 Å². The number of aromatic nitrogens is 2. The van der Waals surface area contributed by atoms with Crippen molar-refractivity contribution in [3.63, 3.8) is 0 Å². The van der Waals surface area contributed by atoms with Gasteiger partial charge in [-0.15, -0.1) is 0 Å². The van der Waals surface area contributed by atoms with Gasteiger partial charge in [0.1, 0.15) is 5.82 Å². The second-order valence-corrected chi connectivity index (χ2v) is 5.46. The molecule has 0 aromatic carbocycles. The van der Waals surface area contributed by atoms with Crippen LogP contribution in [0.2, 0.25) is 0 Å². The highest BCUT2D eigenvalue weighted by atomic mass is 16.5. The fourth-order valence-electron chi connectivity index (χ4n) is 1.87. The summed E-state index contributed by atoms with van der Waals surface area (Å²) in [5, 5.41) is 0. The Hall–Kier alpha value is -1.16.